The van der Waals surface area contributed by atoms with Gasteiger partial charge in [0.1, 0.15) is 5.82 Å². The first-order chi connectivity index (χ1) is 13.1. The Morgan fingerprint density at radius 1 is 1.04 bits per heavy atom. The monoisotopic (exact) mass is 372 g/mol. The molecule has 2 aromatic heterocycles. The second kappa shape index (κ2) is 5.89. The van der Waals surface area contributed by atoms with Crippen LogP contribution in [0.3, 0.4) is 0 Å². The second-order valence-corrected chi connectivity index (χ2v) is 7.53. The van der Waals surface area contributed by atoms with Gasteiger partial charge in [-0.1, -0.05) is 18.2 Å². The molecule has 3 N–H and O–H groups in total. The summed E-state index contributed by atoms with van der Waals surface area (Å²) < 4.78 is 1.15. The predicted molar refractivity (Wildman–Crippen MR) is 109 cm³/mol. The maximum Gasteiger partial charge on any atom is 0.251 e. The van der Waals surface area contributed by atoms with Crippen LogP contribution >= 0.6 is 11.3 Å². The largest absolute Gasteiger partial charge is 0.383 e. The first-order valence-corrected chi connectivity index (χ1v) is 9.50. The SMILES string of the molecule is Cc1ccc(-c2cnc(N)c(-c3ccc4c(c3)CNC4=O)c2)c2scnc12. The van der Waals surface area contributed by atoms with Crippen LogP contribution in [0.15, 0.2) is 48.1 Å². The number of fused-ring (bicyclic) bond motifs is 2. The number of nitrogens with two attached hydrogens (primary N) is 1. The average molecular weight is 372 g/mol. The number of rotatable bonds is 2. The van der Waals surface area contributed by atoms with Gasteiger partial charge in [0.05, 0.1) is 15.7 Å². The van der Waals surface area contributed by atoms with Crippen molar-refractivity contribution in [1.29, 1.82) is 0 Å². The third-order valence-corrected chi connectivity index (χ3v) is 5.88. The van der Waals surface area contributed by atoms with Gasteiger partial charge in [-0.25, -0.2) is 9.97 Å². The molecule has 0 bridgehead atoms. The highest BCUT2D eigenvalue weighted by Crippen LogP contribution is 2.36. The van der Waals surface area contributed by atoms with E-state index in [1.807, 2.05) is 23.7 Å². The minimum atomic E-state index is -0.0244. The summed E-state index contributed by atoms with van der Waals surface area (Å²) in [5.41, 5.74) is 15.9. The fourth-order valence-corrected chi connectivity index (χ4v) is 4.46. The van der Waals surface area contributed by atoms with Gasteiger partial charge >= 0.3 is 0 Å². The lowest BCUT2D eigenvalue weighted by Gasteiger charge is -2.10. The average Bonchev–Trinajstić information content (AvgIpc) is 3.31. The summed E-state index contributed by atoms with van der Waals surface area (Å²) in [5.74, 6) is 0.451. The number of anilines is 1. The van der Waals surface area contributed by atoms with Gasteiger partial charge in [-0.15, -0.1) is 11.3 Å². The van der Waals surface area contributed by atoms with E-state index in [0.717, 1.165) is 49.2 Å². The van der Waals surface area contributed by atoms with Crippen LogP contribution in [0.4, 0.5) is 5.82 Å². The van der Waals surface area contributed by atoms with Crippen molar-refractivity contribution in [3.8, 4) is 22.3 Å². The van der Waals surface area contributed by atoms with Crippen molar-refractivity contribution >= 4 is 33.3 Å². The number of nitrogens with one attached hydrogen (secondary N) is 1. The van der Waals surface area contributed by atoms with Gasteiger partial charge in [-0.3, -0.25) is 4.79 Å². The van der Waals surface area contributed by atoms with E-state index in [1.165, 1.54) is 0 Å². The van der Waals surface area contributed by atoms with Crippen molar-refractivity contribution in [1.82, 2.24) is 15.3 Å². The third-order valence-electron chi connectivity index (χ3n) is 5.02. The number of pyridine rings is 1. The normalized spacial score (nSPS) is 13.0. The molecule has 4 aromatic rings. The molecule has 3 heterocycles. The first-order valence-electron chi connectivity index (χ1n) is 8.62. The number of aromatic nitrogens is 2. The highest BCUT2D eigenvalue weighted by atomic mass is 32.1. The van der Waals surface area contributed by atoms with E-state index in [9.17, 15) is 4.79 Å². The molecule has 0 atom stereocenters. The van der Waals surface area contributed by atoms with Gasteiger partial charge in [0.25, 0.3) is 5.91 Å². The molecule has 0 saturated heterocycles. The Labute approximate surface area is 159 Å². The smallest absolute Gasteiger partial charge is 0.251 e. The standard InChI is InChI=1S/C21H16N4OS/c1-11-2-4-15(19-18(11)25-10-27-19)14-7-17(20(22)23-8-14)12-3-5-16-13(6-12)9-24-21(16)26/h2-8,10H,9H2,1H3,(H2,22,23)(H,24,26). The summed E-state index contributed by atoms with van der Waals surface area (Å²) in [5, 5.41) is 2.85. The number of hydrogen-bond acceptors (Lipinski definition) is 5. The molecule has 1 aliphatic rings. The highest BCUT2D eigenvalue weighted by molar-refractivity contribution is 7.17. The van der Waals surface area contributed by atoms with Crippen LogP contribution in [0.25, 0.3) is 32.5 Å². The minimum Gasteiger partial charge on any atom is -0.383 e. The highest BCUT2D eigenvalue weighted by Gasteiger charge is 2.20. The number of carbonyl (C=O) groups excluding carboxylic acids is 1. The zero-order valence-electron chi connectivity index (χ0n) is 14.6. The Balaban J connectivity index is 1.66. The first kappa shape index (κ1) is 16.0. The quantitative estimate of drug-likeness (QED) is 0.554. The fraction of sp³-hybridized carbons (Fsp3) is 0.0952. The second-order valence-electron chi connectivity index (χ2n) is 6.67. The van der Waals surface area contributed by atoms with Crippen LogP contribution in [0.5, 0.6) is 0 Å². The van der Waals surface area contributed by atoms with Crippen LogP contribution in [0.1, 0.15) is 21.5 Å². The predicted octanol–water partition coefficient (Wildman–Crippen LogP) is 4.16. The summed E-state index contributed by atoms with van der Waals surface area (Å²) in [6, 6.07) is 12.1. The van der Waals surface area contributed by atoms with Crippen molar-refractivity contribution in [2.75, 3.05) is 5.73 Å². The van der Waals surface area contributed by atoms with Crippen molar-refractivity contribution in [3.05, 3.63) is 64.8 Å². The molecule has 132 valence electrons. The number of amides is 1. The van der Waals surface area contributed by atoms with Crippen LogP contribution in [0.2, 0.25) is 0 Å². The Morgan fingerprint density at radius 3 is 2.78 bits per heavy atom. The lowest BCUT2D eigenvalue weighted by atomic mass is 9.97. The summed E-state index contributed by atoms with van der Waals surface area (Å²) in [6.45, 7) is 2.62. The number of aryl methyl sites for hydroxylation is 1. The van der Waals surface area contributed by atoms with E-state index in [1.54, 1.807) is 17.5 Å². The maximum absolute atomic E-state index is 11.8. The van der Waals surface area contributed by atoms with Gasteiger partial charge in [0.15, 0.2) is 0 Å². The van der Waals surface area contributed by atoms with Crippen molar-refractivity contribution in [2.45, 2.75) is 13.5 Å². The van der Waals surface area contributed by atoms with Gasteiger partial charge in [-0.2, -0.15) is 0 Å². The van der Waals surface area contributed by atoms with Gasteiger partial charge in [0.2, 0.25) is 0 Å². The molecule has 5 rings (SSSR count). The topological polar surface area (TPSA) is 80.9 Å². The summed E-state index contributed by atoms with van der Waals surface area (Å²) in [4.78, 5) is 20.7. The van der Waals surface area contributed by atoms with E-state index < -0.39 is 0 Å². The molecule has 5 nitrogen and oxygen atoms in total. The van der Waals surface area contributed by atoms with Crippen LogP contribution in [0, 0.1) is 6.92 Å². The lowest BCUT2D eigenvalue weighted by molar-refractivity contribution is 0.0966. The fourth-order valence-electron chi connectivity index (χ4n) is 3.56. The number of carbonyl (C=O) groups is 1. The number of thiazole rings is 1. The van der Waals surface area contributed by atoms with E-state index in [4.69, 9.17) is 5.73 Å². The molecular formula is C21H16N4OS. The molecule has 6 heteroatoms. The van der Waals surface area contributed by atoms with Gasteiger partial charge < -0.3 is 11.1 Å². The molecule has 0 radical (unpaired) electrons. The Bertz CT molecular complexity index is 1230. The summed E-state index contributed by atoms with van der Waals surface area (Å²) >= 11 is 1.63. The molecule has 1 amide bonds. The maximum atomic E-state index is 11.8. The van der Waals surface area contributed by atoms with Crippen LogP contribution < -0.4 is 11.1 Å². The molecule has 0 spiro atoms. The lowest BCUT2D eigenvalue weighted by Crippen LogP contribution is -2.12. The van der Waals surface area contributed by atoms with Crippen LogP contribution in [-0.2, 0) is 6.54 Å². The Hall–Kier alpha value is -3.25. The Kier molecular flexibility index (Phi) is 3.48. The molecule has 2 aromatic carbocycles. The van der Waals surface area contributed by atoms with Crippen molar-refractivity contribution in [2.24, 2.45) is 0 Å². The molecular weight excluding hydrogens is 356 g/mol. The Morgan fingerprint density at radius 2 is 1.89 bits per heavy atom. The van der Waals surface area contributed by atoms with E-state index in [0.29, 0.717) is 12.4 Å². The summed E-state index contributed by atoms with van der Waals surface area (Å²) in [7, 11) is 0. The summed E-state index contributed by atoms with van der Waals surface area (Å²) in [6.07, 6.45) is 1.81. The van der Waals surface area contributed by atoms with Crippen molar-refractivity contribution in [3.63, 3.8) is 0 Å². The number of hydrogen-bond donors (Lipinski definition) is 2. The molecule has 1 aliphatic heterocycles. The number of nitrogens with zero attached hydrogens (tertiary/aromatic N) is 2. The van der Waals surface area contributed by atoms with Crippen molar-refractivity contribution < 1.29 is 4.79 Å². The molecule has 0 unspecified atom stereocenters. The molecule has 0 saturated carbocycles. The zero-order valence-corrected chi connectivity index (χ0v) is 15.4. The zero-order chi connectivity index (χ0) is 18.5. The number of benzene rings is 2. The van der Waals surface area contributed by atoms with E-state index in [-0.39, 0.29) is 5.91 Å². The third kappa shape index (κ3) is 2.49. The minimum absolute atomic E-state index is 0.0244. The number of nitrogen functional groups attached to an aromatic ring is 1. The van der Waals surface area contributed by atoms with Crippen LogP contribution in [-0.4, -0.2) is 15.9 Å². The molecule has 0 aliphatic carbocycles. The van der Waals surface area contributed by atoms with Gasteiger partial charge in [0, 0.05) is 35.0 Å². The molecule has 0 fully saturated rings. The van der Waals surface area contributed by atoms with Gasteiger partial charge in [-0.05, 0) is 41.8 Å². The van der Waals surface area contributed by atoms with E-state index in [2.05, 4.69) is 40.4 Å². The van der Waals surface area contributed by atoms with E-state index >= 15 is 0 Å². The molecule has 27 heavy (non-hydrogen) atoms.